The highest BCUT2D eigenvalue weighted by atomic mass is 16.7. The number of rotatable bonds is 6. The third-order valence-corrected chi connectivity index (χ3v) is 5.12. The first-order chi connectivity index (χ1) is 16.0. The number of carbonyl (C=O) groups excluding carboxylic acids is 2. The van der Waals surface area contributed by atoms with E-state index < -0.39 is 29.2 Å². The van der Waals surface area contributed by atoms with Crippen LogP contribution in [0, 0.1) is 10.1 Å². The van der Waals surface area contributed by atoms with Gasteiger partial charge < -0.3 is 10.1 Å². The fourth-order valence-corrected chi connectivity index (χ4v) is 3.42. The molecule has 33 heavy (non-hydrogen) atoms. The first kappa shape index (κ1) is 22.0. The lowest BCUT2D eigenvalue weighted by atomic mass is 10.1. The lowest BCUT2D eigenvalue weighted by molar-refractivity contribution is -0.384. The summed E-state index contributed by atoms with van der Waals surface area (Å²) >= 11 is 0. The number of hydrogen-bond acceptors (Lipinski definition) is 6. The van der Waals surface area contributed by atoms with Gasteiger partial charge in [0.15, 0.2) is 12.3 Å². The Morgan fingerprint density at radius 2 is 1.58 bits per heavy atom. The number of nitro benzene ring substituents is 1. The number of hydrogen-bond donors (Lipinski definition) is 1. The number of carbonyl (C=O) groups is 2. The number of nitrogens with zero attached hydrogens (tertiary/aromatic N) is 2. The number of amides is 2. The third-order valence-electron chi connectivity index (χ3n) is 5.12. The molecule has 3 aromatic rings. The summed E-state index contributed by atoms with van der Waals surface area (Å²) in [5.41, 5.74) is 1.98. The summed E-state index contributed by atoms with van der Waals surface area (Å²) in [6, 6.07) is 23.9. The highest BCUT2D eigenvalue weighted by Crippen LogP contribution is 2.27. The topological polar surface area (TPSA) is 111 Å². The Balaban J connectivity index is 1.56. The second-order valence-electron chi connectivity index (χ2n) is 7.41. The van der Waals surface area contributed by atoms with Crippen LogP contribution in [0.15, 0.2) is 84.9 Å². The van der Waals surface area contributed by atoms with Gasteiger partial charge in [0.2, 0.25) is 0 Å². The van der Waals surface area contributed by atoms with Crippen molar-refractivity contribution in [3.8, 4) is 0 Å². The predicted octanol–water partition coefficient (Wildman–Crippen LogP) is 3.90. The highest BCUT2D eigenvalue weighted by Gasteiger charge is 2.40. The van der Waals surface area contributed by atoms with Crippen LogP contribution in [0.2, 0.25) is 0 Å². The molecule has 1 aliphatic rings. The molecule has 2 unspecified atom stereocenters. The van der Waals surface area contributed by atoms with Gasteiger partial charge in [-0.3, -0.25) is 19.7 Å². The zero-order chi connectivity index (χ0) is 23.2. The van der Waals surface area contributed by atoms with Crippen molar-refractivity contribution < 1.29 is 24.1 Å². The minimum absolute atomic E-state index is 0.0177. The van der Waals surface area contributed by atoms with Crippen LogP contribution in [0.1, 0.15) is 22.9 Å². The average Bonchev–Trinajstić information content (AvgIpc) is 2.85. The molecule has 1 aliphatic heterocycles. The van der Waals surface area contributed by atoms with Crippen LogP contribution in [0.3, 0.4) is 0 Å². The van der Waals surface area contributed by atoms with Gasteiger partial charge in [0.1, 0.15) is 6.61 Å². The van der Waals surface area contributed by atoms with Crippen molar-refractivity contribution in [3.63, 3.8) is 0 Å². The Hall–Kier alpha value is -4.24. The fraction of sp³-hybridized carbons (Fsp3) is 0.167. The molecule has 168 valence electrons. The van der Waals surface area contributed by atoms with Gasteiger partial charge in [-0.15, -0.1) is 0 Å². The smallest absolute Gasteiger partial charge is 0.436 e. The van der Waals surface area contributed by atoms with Crippen molar-refractivity contribution in [1.29, 1.82) is 0 Å². The molecule has 1 N–H and O–H groups in total. The van der Waals surface area contributed by atoms with Crippen LogP contribution in [-0.2, 0) is 27.4 Å². The van der Waals surface area contributed by atoms with E-state index in [0.717, 1.165) is 16.2 Å². The molecule has 3 aromatic carbocycles. The van der Waals surface area contributed by atoms with Gasteiger partial charge in [0, 0.05) is 18.6 Å². The number of ether oxygens (including phenoxy) is 1. The van der Waals surface area contributed by atoms with Crippen LogP contribution in [-0.4, -0.2) is 28.1 Å². The fourth-order valence-electron chi connectivity index (χ4n) is 3.42. The first-order valence-electron chi connectivity index (χ1n) is 10.3. The van der Waals surface area contributed by atoms with E-state index in [9.17, 15) is 19.7 Å². The van der Waals surface area contributed by atoms with Crippen molar-refractivity contribution in [3.05, 3.63) is 112 Å². The number of hydroxylamine groups is 2. The van der Waals surface area contributed by atoms with E-state index in [2.05, 4.69) is 5.32 Å². The molecule has 0 aromatic heterocycles. The van der Waals surface area contributed by atoms with Gasteiger partial charge in [-0.05, 0) is 28.8 Å². The van der Waals surface area contributed by atoms with E-state index >= 15 is 0 Å². The van der Waals surface area contributed by atoms with E-state index in [0.29, 0.717) is 5.56 Å². The Morgan fingerprint density at radius 1 is 0.970 bits per heavy atom. The van der Waals surface area contributed by atoms with Crippen molar-refractivity contribution in [2.24, 2.45) is 0 Å². The first-order valence-corrected chi connectivity index (χ1v) is 10.3. The highest BCUT2D eigenvalue weighted by molar-refractivity contribution is 5.83. The van der Waals surface area contributed by atoms with Crippen LogP contribution in [0.5, 0.6) is 0 Å². The van der Waals surface area contributed by atoms with E-state index in [1.54, 1.807) is 0 Å². The summed E-state index contributed by atoms with van der Waals surface area (Å²) in [7, 11) is 0. The molecule has 4 rings (SSSR count). The minimum atomic E-state index is -1.01. The molecule has 2 atom stereocenters. The zero-order valence-electron chi connectivity index (χ0n) is 17.5. The predicted molar refractivity (Wildman–Crippen MR) is 117 cm³/mol. The maximum absolute atomic E-state index is 13.0. The zero-order valence-corrected chi connectivity index (χ0v) is 17.5. The molecule has 0 aliphatic carbocycles. The Kier molecular flexibility index (Phi) is 6.61. The molecule has 1 fully saturated rings. The maximum atomic E-state index is 13.0. The van der Waals surface area contributed by atoms with E-state index in [1.165, 1.54) is 24.3 Å². The molecule has 2 amide bonds. The summed E-state index contributed by atoms with van der Waals surface area (Å²) in [6.07, 6.45) is -2.50. The van der Waals surface area contributed by atoms with Gasteiger partial charge >= 0.3 is 6.09 Å². The van der Waals surface area contributed by atoms with Gasteiger partial charge in [0.05, 0.1) is 4.92 Å². The van der Waals surface area contributed by atoms with Crippen molar-refractivity contribution in [1.82, 2.24) is 10.4 Å². The van der Waals surface area contributed by atoms with Crippen LogP contribution >= 0.6 is 0 Å². The summed E-state index contributed by atoms with van der Waals surface area (Å²) in [4.78, 5) is 42.0. The largest absolute Gasteiger partial charge is 0.443 e. The van der Waals surface area contributed by atoms with Crippen molar-refractivity contribution >= 4 is 17.7 Å². The molecule has 0 spiro atoms. The van der Waals surface area contributed by atoms with Crippen molar-refractivity contribution in [2.75, 3.05) is 0 Å². The number of non-ortho nitro benzene ring substituents is 1. The van der Waals surface area contributed by atoms with Crippen LogP contribution in [0.4, 0.5) is 10.5 Å². The second-order valence-corrected chi connectivity index (χ2v) is 7.41. The number of nitro groups is 1. The minimum Gasteiger partial charge on any atom is -0.443 e. The molecule has 0 bridgehead atoms. The van der Waals surface area contributed by atoms with Gasteiger partial charge in [-0.25, -0.2) is 4.79 Å². The maximum Gasteiger partial charge on any atom is 0.436 e. The second kappa shape index (κ2) is 9.92. The Morgan fingerprint density at radius 3 is 2.18 bits per heavy atom. The summed E-state index contributed by atoms with van der Waals surface area (Å²) < 4.78 is 5.42. The van der Waals surface area contributed by atoms with Gasteiger partial charge in [0.25, 0.3) is 11.6 Å². The van der Waals surface area contributed by atoms with Crippen LogP contribution < -0.4 is 5.32 Å². The van der Waals surface area contributed by atoms with Gasteiger partial charge in [-0.2, -0.15) is 5.06 Å². The number of nitrogens with one attached hydrogen (secondary N) is 1. The lowest BCUT2D eigenvalue weighted by Crippen LogP contribution is -2.56. The standard InChI is InChI=1S/C24H21N3O6/c28-23-21(15-17-7-3-1-4-8-17)33-26(24(29)32-16-18-9-5-2-6-10-18)22(25-23)19-11-13-20(14-12-19)27(30)31/h1-14,21-22H,15-16H2,(H,25,28). The molecular formula is C24H21N3O6. The van der Waals surface area contributed by atoms with Crippen LogP contribution in [0.25, 0.3) is 0 Å². The SMILES string of the molecule is O=C1NC(c2ccc([N+](=O)[O-])cc2)N(C(=O)OCc2ccccc2)OC1Cc1ccccc1. The van der Waals surface area contributed by atoms with E-state index in [-0.39, 0.29) is 18.7 Å². The van der Waals surface area contributed by atoms with Gasteiger partial charge in [-0.1, -0.05) is 60.7 Å². The molecule has 1 heterocycles. The number of benzene rings is 3. The Bertz CT molecular complexity index is 1120. The molecule has 0 saturated carbocycles. The normalized spacial score (nSPS) is 17.8. The van der Waals surface area contributed by atoms with Crippen molar-refractivity contribution in [2.45, 2.75) is 25.3 Å². The summed E-state index contributed by atoms with van der Waals surface area (Å²) in [5.74, 6) is -0.408. The lowest BCUT2D eigenvalue weighted by Gasteiger charge is -2.38. The van der Waals surface area contributed by atoms with E-state index in [1.807, 2.05) is 60.7 Å². The molecular weight excluding hydrogens is 426 g/mol. The monoisotopic (exact) mass is 447 g/mol. The summed E-state index contributed by atoms with van der Waals surface area (Å²) in [5, 5.41) is 14.7. The summed E-state index contributed by atoms with van der Waals surface area (Å²) in [6.45, 7) is 0.0177. The Labute approximate surface area is 189 Å². The molecule has 9 nitrogen and oxygen atoms in total. The third kappa shape index (κ3) is 5.34. The molecule has 0 radical (unpaired) electrons. The average molecular weight is 447 g/mol. The molecule has 9 heteroatoms. The molecule has 1 saturated heterocycles. The van der Waals surface area contributed by atoms with E-state index in [4.69, 9.17) is 9.57 Å². The quantitative estimate of drug-likeness (QED) is 0.453.